The van der Waals surface area contributed by atoms with Crippen LogP contribution in [0.3, 0.4) is 0 Å². The zero-order chi connectivity index (χ0) is 17.9. The summed E-state index contributed by atoms with van der Waals surface area (Å²) in [5.74, 6) is -0.417. The van der Waals surface area contributed by atoms with Crippen LogP contribution in [0.1, 0.15) is 65.4 Å². The molecule has 1 aromatic heterocycles. The molecule has 0 atom stereocenters. The molecule has 5 nitrogen and oxygen atoms in total. The van der Waals surface area contributed by atoms with E-state index in [1.54, 1.807) is 19.1 Å². The molecule has 24 heavy (non-hydrogen) atoms. The summed E-state index contributed by atoms with van der Waals surface area (Å²) < 4.78 is 10.1. The van der Waals surface area contributed by atoms with E-state index in [1.165, 1.54) is 0 Å². The first kappa shape index (κ1) is 17.9. The van der Waals surface area contributed by atoms with Gasteiger partial charge in [0.1, 0.15) is 11.3 Å². The highest BCUT2D eigenvalue weighted by Crippen LogP contribution is 2.22. The molecule has 0 bridgehead atoms. The van der Waals surface area contributed by atoms with Gasteiger partial charge in [-0.2, -0.15) is 0 Å². The number of rotatable bonds is 5. The average molecular weight is 329 g/mol. The lowest BCUT2D eigenvalue weighted by Crippen LogP contribution is -2.16. The van der Waals surface area contributed by atoms with Crippen molar-refractivity contribution in [3.05, 3.63) is 52.4 Å². The molecule has 0 spiro atoms. The fraction of sp³-hybridized carbons (Fsp3) is 0.421. The standard InChI is InChI=1S/C19H23NO4/c1-6-15-17(12(2)24-20-15)18(22)23-11-16(21)13-7-9-14(10-8-13)19(3,4)5/h7-10H,6,11H2,1-5H3. The third kappa shape index (κ3) is 3.91. The van der Waals surface area contributed by atoms with E-state index in [0.29, 0.717) is 29.0 Å². The molecule has 0 N–H and O–H groups in total. The summed E-state index contributed by atoms with van der Waals surface area (Å²) in [6, 6.07) is 7.38. The fourth-order valence-electron chi connectivity index (χ4n) is 2.36. The van der Waals surface area contributed by atoms with Gasteiger partial charge in [-0.3, -0.25) is 4.79 Å². The minimum Gasteiger partial charge on any atom is -0.454 e. The van der Waals surface area contributed by atoms with Crippen LogP contribution >= 0.6 is 0 Å². The quantitative estimate of drug-likeness (QED) is 0.615. The van der Waals surface area contributed by atoms with Crippen molar-refractivity contribution in [2.75, 3.05) is 6.61 Å². The van der Waals surface area contributed by atoms with Crippen molar-refractivity contribution in [2.24, 2.45) is 0 Å². The average Bonchev–Trinajstić information content (AvgIpc) is 2.92. The van der Waals surface area contributed by atoms with Crippen LogP contribution < -0.4 is 0 Å². The van der Waals surface area contributed by atoms with Crippen molar-refractivity contribution in [1.29, 1.82) is 0 Å². The van der Waals surface area contributed by atoms with E-state index in [2.05, 4.69) is 25.9 Å². The lowest BCUT2D eigenvalue weighted by atomic mass is 9.86. The zero-order valence-electron chi connectivity index (χ0n) is 14.8. The van der Waals surface area contributed by atoms with Gasteiger partial charge in [0.2, 0.25) is 0 Å². The van der Waals surface area contributed by atoms with Crippen LogP contribution in [-0.4, -0.2) is 23.5 Å². The molecule has 0 saturated carbocycles. The second-order valence-corrected chi connectivity index (χ2v) is 6.74. The van der Waals surface area contributed by atoms with Gasteiger partial charge in [-0.15, -0.1) is 0 Å². The summed E-state index contributed by atoms with van der Waals surface area (Å²) in [6.07, 6.45) is 0.560. The third-order valence-electron chi connectivity index (χ3n) is 3.88. The molecule has 0 aliphatic heterocycles. The van der Waals surface area contributed by atoms with Crippen LogP contribution in [0.4, 0.5) is 0 Å². The smallest absolute Gasteiger partial charge is 0.344 e. The maximum Gasteiger partial charge on any atom is 0.344 e. The van der Waals surface area contributed by atoms with Crippen LogP contribution in [0.5, 0.6) is 0 Å². The number of nitrogens with zero attached hydrogens (tertiary/aromatic N) is 1. The fourth-order valence-corrected chi connectivity index (χ4v) is 2.36. The molecule has 0 aliphatic rings. The van der Waals surface area contributed by atoms with Gasteiger partial charge in [-0.25, -0.2) is 4.79 Å². The van der Waals surface area contributed by atoms with Gasteiger partial charge in [-0.05, 0) is 24.3 Å². The third-order valence-corrected chi connectivity index (χ3v) is 3.88. The molecule has 0 fully saturated rings. The van der Waals surface area contributed by atoms with Gasteiger partial charge in [0.05, 0.1) is 5.69 Å². The van der Waals surface area contributed by atoms with Crippen LogP contribution in [0, 0.1) is 6.92 Å². The minimum absolute atomic E-state index is 0.0242. The predicted octanol–water partition coefficient (Wildman–Crippen LogP) is 3.88. The first-order chi connectivity index (χ1) is 11.2. The second kappa shape index (κ2) is 6.99. The highest BCUT2D eigenvalue weighted by molar-refractivity contribution is 5.99. The maximum atomic E-state index is 12.2. The lowest BCUT2D eigenvalue weighted by Gasteiger charge is -2.18. The Bertz CT molecular complexity index is 736. The zero-order valence-corrected chi connectivity index (χ0v) is 14.8. The minimum atomic E-state index is -0.578. The van der Waals surface area contributed by atoms with Crippen molar-refractivity contribution >= 4 is 11.8 Å². The summed E-state index contributed by atoms with van der Waals surface area (Å²) in [5, 5.41) is 3.81. The first-order valence-corrected chi connectivity index (χ1v) is 8.00. The van der Waals surface area contributed by atoms with Gasteiger partial charge < -0.3 is 9.26 Å². The number of ketones is 1. The Morgan fingerprint density at radius 1 is 1.17 bits per heavy atom. The number of esters is 1. The molecule has 0 radical (unpaired) electrons. The number of carbonyl (C=O) groups is 2. The molecule has 1 aromatic carbocycles. The molecule has 0 amide bonds. The van der Waals surface area contributed by atoms with Gasteiger partial charge in [0, 0.05) is 5.56 Å². The molecule has 2 aromatic rings. The Balaban J connectivity index is 2.03. The van der Waals surface area contributed by atoms with Crippen molar-refractivity contribution in [3.8, 4) is 0 Å². The van der Waals surface area contributed by atoms with Gasteiger partial charge in [0.15, 0.2) is 12.4 Å². The Morgan fingerprint density at radius 2 is 1.79 bits per heavy atom. The van der Waals surface area contributed by atoms with E-state index in [-0.39, 0.29) is 17.8 Å². The van der Waals surface area contributed by atoms with Gasteiger partial charge in [0.25, 0.3) is 0 Å². The molecule has 128 valence electrons. The molecule has 1 heterocycles. The highest BCUT2D eigenvalue weighted by atomic mass is 16.5. The molecule has 2 rings (SSSR count). The van der Waals surface area contributed by atoms with Crippen LogP contribution in [0.2, 0.25) is 0 Å². The van der Waals surface area contributed by atoms with Crippen LogP contribution in [-0.2, 0) is 16.6 Å². The molecular formula is C19H23NO4. The van der Waals surface area contributed by atoms with Crippen LogP contribution in [0.25, 0.3) is 0 Å². The summed E-state index contributed by atoms with van der Waals surface area (Å²) >= 11 is 0. The molecule has 0 unspecified atom stereocenters. The monoisotopic (exact) mass is 329 g/mol. The molecule has 0 aliphatic carbocycles. The van der Waals surface area contributed by atoms with Crippen molar-refractivity contribution in [2.45, 2.75) is 46.5 Å². The lowest BCUT2D eigenvalue weighted by molar-refractivity contribution is 0.0472. The number of Topliss-reactive ketones (excluding diaryl/α,β-unsaturated/α-hetero) is 1. The van der Waals surface area contributed by atoms with E-state index in [9.17, 15) is 9.59 Å². The summed E-state index contributed by atoms with van der Waals surface area (Å²) in [6.45, 7) is 9.54. The maximum absolute atomic E-state index is 12.2. The molecule has 0 saturated heterocycles. The number of aryl methyl sites for hydroxylation is 2. The highest BCUT2D eigenvalue weighted by Gasteiger charge is 2.22. The Labute approximate surface area is 142 Å². The van der Waals surface area contributed by atoms with E-state index in [4.69, 9.17) is 9.26 Å². The SMILES string of the molecule is CCc1noc(C)c1C(=O)OCC(=O)c1ccc(C(C)(C)C)cc1. The van der Waals surface area contributed by atoms with Crippen LogP contribution in [0.15, 0.2) is 28.8 Å². The number of carbonyl (C=O) groups excluding carboxylic acids is 2. The van der Waals surface area contributed by atoms with Gasteiger partial charge >= 0.3 is 5.97 Å². The summed E-state index contributed by atoms with van der Waals surface area (Å²) in [5.41, 5.74) is 2.54. The van der Waals surface area contributed by atoms with Crippen molar-refractivity contribution in [1.82, 2.24) is 5.16 Å². The Morgan fingerprint density at radius 3 is 2.33 bits per heavy atom. The van der Waals surface area contributed by atoms with E-state index < -0.39 is 5.97 Å². The number of aromatic nitrogens is 1. The van der Waals surface area contributed by atoms with E-state index in [1.807, 2.05) is 19.1 Å². The second-order valence-electron chi connectivity index (χ2n) is 6.74. The summed E-state index contributed by atoms with van der Waals surface area (Å²) in [7, 11) is 0. The normalized spacial score (nSPS) is 11.4. The number of benzene rings is 1. The van der Waals surface area contributed by atoms with E-state index >= 15 is 0 Å². The van der Waals surface area contributed by atoms with Crippen molar-refractivity contribution < 1.29 is 18.8 Å². The van der Waals surface area contributed by atoms with Crippen molar-refractivity contribution in [3.63, 3.8) is 0 Å². The Hall–Kier alpha value is -2.43. The number of hydrogen-bond acceptors (Lipinski definition) is 5. The predicted molar refractivity (Wildman–Crippen MR) is 90.4 cm³/mol. The molecule has 5 heteroatoms. The van der Waals surface area contributed by atoms with E-state index in [0.717, 1.165) is 5.56 Å². The Kier molecular flexibility index (Phi) is 5.22. The van der Waals surface area contributed by atoms with Gasteiger partial charge in [-0.1, -0.05) is 57.1 Å². The summed E-state index contributed by atoms with van der Waals surface area (Å²) in [4.78, 5) is 24.4. The first-order valence-electron chi connectivity index (χ1n) is 8.00. The topological polar surface area (TPSA) is 69.4 Å². The number of ether oxygens (including phenoxy) is 1. The molecular weight excluding hydrogens is 306 g/mol. The number of hydrogen-bond donors (Lipinski definition) is 0. The largest absolute Gasteiger partial charge is 0.454 e.